The third-order valence-electron chi connectivity index (χ3n) is 5.09. The normalized spacial score (nSPS) is 17.1. The van der Waals surface area contributed by atoms with Crippen LogP contribution in [0.3, 0.4) is 0 Å². The van der Waals surface area contributed by atoms with Gasteiger partial charge in [-0.3, -0.25) is 4.79 Å². The molecule has 0 saturated carbocycles. The number of hydrogen-bond acceptors (Lipinski definition) is 5. The van der Waals surface area contributed by atoms with Gasteiger partial charge in [-0.2, -0.15) is 0 Å². The van der Waals surface area contributed by atoms with Gasteiger partial charge in [-0.1, -0.05) is 41.0 Å². The summed E-state index contributed by atoms with van der Waals surface area (Å²) in [6, 6.07) is 11.4. The molecule has 2 aromatic carbocycles. The molecule has 1 atom stereocenters. The standard InChI is InChI=1S/C23H24ClNO4/c1-13-9-15(17-7-5-6-8-18(17)24)12-20(28-3)21(13)22-19(26)11-16(23(22)27)10-14(2)25-29-4/h5-9,12,16,26H,10-11H2,1-4H3. The lowest BCUT2D eigenvalue weighted by Crippen LogP contribution is -2.14. The fourth-order valence-corrected chi connectivity index (χ4v) is 4.09. The molecule has 1 aliphatic carbocycles. The Bertz CT molecular complexity index is 1010. The van der Waals surface area contributed by atoms with Crippen molar-refractivity contribution in [2.75, 3.05) is 14.2 Å². The van der Waals surface area contributed by atoms with Crippen LogP contribution in [0.1, 0.15) is 30.9 Å². The van der Waals surface area contributed by atoms with Gasteiger partial charge in [0.05, 0.1) is 18.4 Å². The Hall–Kier alpha value is -2.79. The van der Waals surface area contributed by atoms with Gasteiger partial charge in [0, 0.05) is 28.5 Å². The van der Waals surface area contributed by atoms with Gasteiger partial charge in [0.2, 0.25) is 0 Å². The monoisotopic (exact) mass is 413 g/mol. The minimum Gasteiger partial charge on any atom is -0.512 e. The summed E-state index contributed by atoms with van der Waals surface area (Å²) >= 11 is 6.35. The van der Waals surface area contributed by atoms with E-state index in [-0.39, 0.29) is 23.9 Å². The summed E-state index contributed by atoms with van der Waals surface area (Å²) in [5.74, 6) is 0.131. The van der Waals surface area contributed by atoms with E-state index < -0.39 is 0 Å². The zero-order chi connectivity index (χ0) is 21.1. The first-order valence-electron chi connectivity index (χ1n) is 9.34. The molecule has 0 radical (unpaired) electrons. The van der Waals surface area contributed by atoms with Crippen molar-refractivity contribution >= 4 is 28.7 Å². The number of benzene rings is 2. The average Bonchev–Trinajstić information content (AvgIpc) is 2.95. The number of rotatable bonds is 6. The van der Waals surface area contributed by atoms with Gasteiger partial charge in [0.25, 0.3) is 0 Å². The van der Waals surface area contributed by atoms with Crippen LogP contribution in [0.2, 0.25) is 5.02 Å². The van der Waals surface area contributed by atoms with Crippen LogP contribution in [0.4, 0.5) is 0 Å². The van der Waals surface area contributed by atoms with Crippen LogP contribution in [-0.2, 0) is 9.63 Å². The van der Waals surface area contributed by atoms with Crippen LogP contribution >= 0.6 is 11.6 Å². The number of carbonyl (C=O) groups excluding carboxylic acids is 1. The van der Waals surface area contributed by atoms with Crippen LogP contribution in [0.25, 0.3) is 16.7 Å². The largest absolute Gasteiger partial charge is 0.512 e. The van der Waals surface area contributed by atoms with Crippen molar-refractivity contribution in [3.8, 4) is 16.9 Å². The molecule has 0 aromatic heterocycles. The molecular weight excluding hydrogens is 390 g/mol. The minimum absolute atomic E-state index is 0.0807. The number of ketones is 1. The van der Waals surface area contributed by atoms with Gasteiger partial charge in [-0.25, -0.2) is 0 Å². The molecule has 29 heavy (non-hydrogen) atoms. The molecule has 3 rings (SSSR count). The summed E-state index contributed by atoms with van der Waals surface area (Å²) in [5, 5.41) is 15.1. The Morgan fingerprint density at radius 1 is 1.28 bits per heavy atom. The number of Topliss-reactive ketones (excluding diaryl/α,β-unsaturated/α-hetero) is 1. The zero-order valence-corrected chi connectivity index (χ0v) is 17.7. The molecule has 2 aromatic rings. The zero-order valence-electron chi connectivity index (χ0n) is 17.0. The summed E-state index contributed by atoms with van der Waals surface area (Å²) in [6.07, 6.45) is 0.707. The number of aryl methyl sites for hydroxylation is 1. The molecule has 0 heterocycles. The van der Waals surface area contributed by atoms with Gasteiger partial charge in [0.15, 0.2) is 5.78 Å². The van der Waals surface area contributed by atoms with Crippen LogP contribution in [0.15, 0.2) is 47.3 Å². The minimum atomic E-state index is -0.365. The topological polar surface area (TPSA) is 68.1 Å². The van der Waals surface area contributed by atoms with Crippen LogP contribution in [-0.4, -0.2) is 30.8 Å². The van der Waals surface area contributed by atoms with E-state index in [9.17, 15) is 9.90 Å². The fourth-order valence-electron chi connectivity index (χ4n) is 3.84. The highest BCUT2D eigenvalue weighted by Crippen LogP contribution is 2.43. The number of allylic oxidation sites excluding steroid dienone is 2. The number of methoxy groups -OCH3 is 1. The second kappa shape index (κ2) is 8.70. The number of aliphatic hydroxyl groups is 1. The van der Waals surface area contributed by atoms with Gasteiger partial charge in [-0.05, 0) is 43.5 Å². The van der Waals surface area contributed by atoms with Crippen molar-refractivity contribution in [1.29, 1.82) is 0 Å². The van der Waals surface area contributed by atoms with Crippen molar-refractivity contribution in [2.24, 2.45) is 11.1 Å². The Morgan fingerprint density at radius 3 is 2.66 bits per heavy atom. The maximum atomic E-state index is 13.1. The van der Waals surface area contributed by atoms with Crippen molar-refractivity contribution in [3.63, 3.8) is 0 Å². The Morgan fingerprint density at radius 2 is 2.00 bits per heavy atom. The average molecular weight is 414 g/mol. The predicted molar refractivity (Wildman–Crippen MR) is 116 cm³/mol. The second-order valence-electron chi connectivity index (χ2n) is 7.15. The maximum absolute atomic E-state index is 13.1. The van der Waals surface area contributed by atoms with E-state index in [1.165, 1.54) is 7.11 Å². The molecule has 1 N–H and O–H groups in total. The lowest BCUT2D eigenvalue weighted by Gasteiger charge is -2.16. The fraction of sp³-hybridized carbons (Fsp3) is 0.304. The number of carbonyl (C=O) groups is 1. The Balaban J connectivity index is 2.03. The second-order valence-corrected chi connectivity index (χ2v) is 7.56. The van der Waals surface area contributed by atoms with Gasteiger partial charge >= 0.3 is 0 Å². The summed E-state index contributed by atoms with van der Waals surface area (Å²) in [4.78, 5) is 17.9. The van der Waals surface area contributed by atoms with E-state index in [2.05, 4.69) is 5.16 Å². The summed E-state index contributed by atoms with van der Waals surface area (Å²) in [5.41, 5.74) is 4.24. The molecule has 0 amide bonds. The first-order valence-corrected chi connectivity index (χ1v) is 9.72. The van der Waals surface area contributed by atoms with Crippen LogP contribution in [0, 0.1) is 12.8 Å². The molecule has 5 nitrogen and oxygen atoms in total. The molecule has 152 valence electrons. The van der Waals surface area contributed by atoms with Crippen molar-refractivity contribution < 1.29 is 19.5 Å². The van der Waals surface area contributed by atoms with Gasteiger partial charge in [0.1, 0.15) is 18.6 Å². The van der Waals surface area contributed by atoms with Crippen molar-refractivity contribution in [3.05, 3.63) is 58.3 Å². The van der Waals surface area contributed by atoms with Crippen LogP contribution in [0.5, 0.6) is 5.75 Å². The lowest BCUT2D eigenvalue weighted by atomic mass is 9.90. The molecular formula is C23H24ClNO4. The number of hydrogen-bond donors (Lipinski definition) is 1. The molecule has 1 unspecified atom stereocenters. The first-order chi connectivity index (χ1) is 13.9. The highest BCUT2D eigenvalue weighted by Gasteiger charge is 2.36. The Labute approximate surface area is 175 Å². The summed E-state index contributed by atoms with van der Waals surface area (Å²) in [7, 11) is 3.02. The lowest BCUT2D eigenvalue weighted by molar-refractivity contribution is -0.116. The SMILES string of the molecule is CON=C(C)CC1CC(O)=C(c2c(C)cc(-c3ccccc3Cl)cc2OC)C1=O. The number of ether oxygens (including phenoxy) is 1. The summed E-state index contributed by atoms with van der Waals surface area (Å²) in [6.45, 7) is 3.70. The van der Waals surface area contributed by atoms with Crippen molar-refractivity contribution in [2.45, 2.75) is 26.7 Å². The number of oxime groups is 1. The van der Waals surface area contributed by atoms with E-state index in [4.69, 9.17) is 21.2 Å². The van der Waals surface area contributed by atoms with E-state index in [0.29, 0.717) is 34.0 Å². The maximum Gasteiger partial charge on any atom is 0.170 e. The van der Waals surface area contributed by atoms with Gasteiger partial charge in [-0.15, -0.1) is 0 Å². The molecule has 0 saturated heterocycles. The molecule has 1 aliphatic rings. The molecule has 6 heteroatoms. The van der Waals surface area contributed by atoms with E-state index >= 15 is 0 Å². The molecule has 0 aliphatic heterocycles. The van der Waals surface area contributed by atoms with E-state index in [1.807, 2.05) is 43.3 Å². The van der Waals surface area contributed by atoms with Gasteiger partial charge < -0.3 is 14.7 Å². The van der Waals surface area contributed by atoms with E-state index in [0.717, 1.165) is 16.7 Å². The van der Waals surface area contributed by atoms with Crippen molar-refractivity contribution in [1.82, 2.24) is 0 Å². The number of halogens is 1. The Kier molecular flexibility index (Phi) is 6.28. The summed E-state index contributed by atoms with van der Waals surface area (Å²) < 4.78 is 5.61. The van der Waals surface area contributed by atoms with Crippen LogP contribution < -0.4 is 4.74 Å². The first kappa shape index (κ1) is 20.9. The quantitative estimate of drug-likeness (QED) is 0.494. The highest BCUT2D eigenvalue weighted by molar-refractivity contribution is 6.33. The molecule has 0 spiro atoms. The third-order valence-corrected chi connectivity index (χ3v) is 5.42. The number of aliphatic hydroxyl groups excluding tert-OH is 1. The predicted octanol–water partition coefficient (Wildman–Crippen LogP) is 5.59. The third kappa shape index (κ3) is 4.15. The molecule has 0 fully saturated rings. The number of nitrogens with zero attached hydrogens (tertiary/aromatic N) is 1. The molecule has 0 bridgehead atoms. The smallest absolute Gasteiger partial charge is 0.170 e. The highest BCUT2D eigenvalue weighted by atomic mass is 35.5. The van der Waals surface area contributed by atoms with E-state index in [1.54, 1.807) is 14.0 Å².